The Hall–Kier alpha value is -2.04. The minimum Gasteiger partial charge on any atom is -0.496 e. The molecule has 39 heavy (non-hydrogen) atoms. The Morgan fingerprint density at radius 3 is 0.949 bits per heavy atom. The van der Waals surface area contributed by atoms with E-state index in [1.54, 1.807) is 14.2 Å². The zero-order valence-electron chi connectivity index (χ0n) is 27.8. The Labute approximate surface area is 239 Å². The van der Waals surface area contributed by atoms with Crippen molar-refractivity contribution in [3.63, 3.8) is 0 Å². The van der Waals surface area contributed by atoms with Gasteiger partial charge in [-0.3, -0.25) is 0 Å². The summed E-state index contributed by atoms with van der Waals surface area (Å²) in [5.41, 5.74) is 10.6. The van der Waals surface area contributed by atoms with E-state index in [9.17, 15) is 5.11 Å². The van der Waals surface area contributed by atoms with Crippen LogP contribution in [-0.4, -0.2) is 25.4 Å². The second-order valence-corrected chi connectivity index (χ2v) is 15.7. The monoisotopic (exact) mass is 539 g/mol. The van der Waals surface area contributed by atoms with Crippen LogP contribution < -0.4 is 15.2 Å². The van der Waals surface area contributed by atoms with E-state index in [1.165, 1.54) is 0 Å². The number of benzene rings is 2. The summed E-state index contributed by atoms with van der Waals surface area (Å²) in [6.07, 6.45) is 0. The van der Waals surface area contributed by atoms with E-state index in [0.29, 0.717) is 0 Å². The van der Waals surface area contributed by atoms with Crippen molar-refractivity contribution >= 4 is 0 Å². The summed E-state index contributed by atoms with van der Waals surface area (Å²) < 4.78 is 12.1. The van der Waals surface area contributed by atoms with Crippen LogP contribution in [0.2, 0.25) is 0 Å². The summed E-state index contributed by atoms with van der Waals surface area (Å²) in [5.74, 6) is 1.77. The first-order valence-electron chi connectivity index (χ1n) is 14.4. The van der Waals surface area contributed by atoms with Crippen LogP contribution in [0.3, 0.4) is 0 Å². The summed E-state index contributed by atoms with van der Waals surface area (Å²) in [6.45, 7) is 30.4. The van der Waals surface area contributed by atoms with Gasteiger partial charge in [0.2, 0.25) is 0 Å². The van der Waals surface area contributed by atoms with Crippen LogP contribution in [0.1, 0.15) is 130 Å². The van der Waals surface area contributed by atoms with E-state index in [-0.39, 0.29) is 27.6 Å². The number of aliphatic hydroxyl groups is 1. The quantitative estimate of drug-likeness (QED) is 0.389. The SMILES string of the molecule is COc1c(C(C)(C)C)cc(C(O)(c2cc(C(C)(C)C)c(OC)c(C(C)(C)C)c2)C(N)C(C)C)cc1C(C)(C)C. The van der Waals surface area contributed by atoms with Crippen molar-refractivity contribution in [3.8, 4) is 11.5 Å². The van der Waals surface area contributed by atoms with Crippen molar-refractivity contribution in [1.29, 1.82) is 0 Å². The van der Waals surface area contributed by atoms with Crippen molar-refractivity contribution in [2.24, 2.45) is 11.7 Å². The predicted octanol–water partition coefficient (Wildman–Crippen LogP) is 8.11. The zero-order chi connectivity index (χ0) is 30.5. The lowest BCUT2D eigenvalue weighted by Gasteiger charge is -2.41. The van der Waals surface area contributed by atoms with Gasteiger partial charge in [-0.25, -0.2) is 0 Å². The van der Waals surface area contributed by atoms with E-state index in [0.717, 1.165) is 44.9 Å². The molecular weight excluding hydrogens is 482 g/mol. The zero-order valence-corrected chi connectivity index (χ0v) is 27.8. The van der Waals surface area contributed by atoms with Gasteiger partial charge in [0, 0.05) is 28.3 Å². The van der Waals surface area contributed by atoms with Gasteiger partial charge in [0.25, 0.3) is 0 Å². The highest BCUT2D eigenvalue weighted by atomic mass is 16.5. The lowest BCUT2D eigenvalue weighted by atomic mass is 9.69. The molecule has 0 aliphatic rings. The minimum absolute atomic E-state index is 0.0200. The van der Waals surface area contributed by atoms with E-state index >= 15 is 0 Å². The highest BCUT2D eigenvalue weighted by molar-refractivity contribution is 5.57. The lowest BCUT2D eigenvalue weighted by Crippen LogP contribution is -2.50. The first kappa shape index (κ1) is 33.2. The lowest BCUT2D eigenvalue weighted by molar-refractivity contribution is 0.0347. The number of hydrogen-bond acceptors (Lipinski definition) is 4. The molecular formula is C35H57NO3. The second-order valence-electron chi connectivity index (χ2n) is 15.7. The molecule has 1 unspecified atom stereocenters. The van der Waals surface area contributed by atoms with Gasteiger partial charge in [-0.15, -0.1) is 0 Å². The fraction of sp³-hybridized carbons (Fsp3) is 0.657. The van der Waals surface area contributed by atoms with Crippen LogP contribution in [0.25, 0.3) is 0 Å². The summed E-state index contributed by atoms with van der Waals surface area (Å²) in [6, 6.07) is 7.92. The molecule has 2 rings (SSSR count). The third-order valence-electron chi connectivity index (χ3n) is 7.90. The maximum Gasteiger partial charge on any atom is 0.130 e. The van der Waals surface area contributed by atoms with E-state index in [4.69, 9.17) is 15.2 Å². The molecule has 0 aliphatic carbocycles. The van der Waals surface area contributed by atoms with Gasteiger partial charge < -0.3 is 20.3 Å². The maximum atomic E-state index is 13.1. The first-order chi connectivity index (χ1) is 17.4. The molecule has 4 nitrogen and oxygen atoms in total. The number of ether oxygens (including phenoxy) is 2. The van der Waals surface area contributed by atoms with Crippen LogP contribution in [0.15, 0.2) is 24.3 Å². The molecule has 0 aromatic heterocycles. The molecule has 2 aromatic rings. The van der Waals surface area contributed by atoms with Crippen molar-refractivity contribution in [2.45, 2.75) is 130 Å². The summed E-state index contributed by atoms with van der Waals surface area (Å²) in [4.78, 5) is 0. The summed E-state index contributed by atoms with van der Waals surface area (Å²) >= 11 is 0. The fourth-order valence-corrected chi connectivity index (χ4v) is 5.40. The molecule has 0 amide bonds. The van der Waals surface area contributed by atoms with Gasteiger partial charge >= 0.3 is 0 Å². The molecule has 2 aromatic carbocycles. The number of nitrogens with two attached hydrogens (primary N) is 1. The van der Waals surface area contributed by atoms with Gasteiger partial charge in [0.05, 0.1) is 14.2 Å². The maximum absolute atomic E-state index is 13.1. The largest absolute Gasteiger partial charge is 0.496 e. The average Bonchev–Trinajstić information content (AvgIpc) is 2.78. The van der Waals surface area contributed by atoms with Gasteiger partial charge in [0.1, 0.15) is 17.1 Å². The molecule has 0 fully saturated rings. The molecule has 0 heterocycles. The van der Waals surface area contributed by atoms with Crippen molar-refractivity contribution in [2.75, 3.05) is 14.2 Å². The standard InChI is InChI=1S/C35H57NO3/c1-21(2)30(36)35(37,22-17-24(31(3,4)5)28(38-15)25(18-22)32(6,7)8)23-19-26(33(9,10)11)29(39-16)27(20-23)34(12,13)14/h17-21,30,37H,36H2,1-16H3. The Morgan fingerprint density at radius 2 is 0.795 bits per heavy atom. The molecule has 0 saturated carbocycles. The van der Waals surface area contributed by atoms with E-state index < -0.39 is 11.6 Å². The molecule has 0 saturated heterocycles. The third kappa shape index (κ3) is 6.49. The molecule has 0 aliphatic heterocycles. The van der Waals surface area contributed by atoms with Gasteiger partial charge in [-0.05, 0) is 63.0 Å². The normalized spacial score (nSPS) is 14.5. The smallest absolute Gasteiger partial charge is 0.130 e. The molecule has 3 N–H and O–H groups in total. The van der Waals surface area contributed by atoms with Gasteiger partial charge in [-0.1, -0.05) is 96.9 Å². The van der Waals surface area contributed by atoms with E-state index in [1.807, 2.05) is 0 Å². The van der Waals surface area contributed by atoms with Crippen LogP contribution >= 0.6 is 0 Å². The van der Waals surface area contributed by atoms with Crippen molar-refractivity contribution in [1.82, 2.24) is 0 Å². The average molecular weight is 540 g/mol. The number of rotatable bonds is 6. The van der Waals surface area contributed by atoms with Crippen LogP contribution in [0.5, 0.6) is 11.5 Å². The topological polar surface area (TPSA) is 64.7 Å². The van der Waals surface area contributed by atoms with Crippen molar-refractivity contribution in [3.05, 3.63) is 57.6 Å². The Balaban J connectivity index is 3.23. The highest BCUT2D eigenvalue weighted by Crippen LogP contribution is 2.48. The van der Waals surface area contributed by atoms with E-state index in [2.05, 4.69) is 121 Å². The molecule has 0 radical (unpaired) electrons. The molecule has 220 valence electrons. The van der Waals surface area contributed by atoms with Gasteiger partial charge in [-0.2, -0.15) is 0 Å². The third-order valence-corrected chi connectivity index (χ3v) is 7.90. The summed E-state index contributed by atoms with van der Waals surface area (Å²) in [7, 11) is 3.47. The first-order valence-corrected chi connectivity index (χ1v) is 14.4. The van der Waals surface area contributed by atoms with Crippen LogP contribution in [0, 0.1) is 5.92 Å². The number of methoxy groups -OCH3 is 2. The molecule has 0 spiro atoms. The summed E-state index contributed by atoms with van der Waals surface area (Å²) in [5, 5.41) is 13.1. The molecule has 1 atom stereocenters. The molecule has 0 bridgehead atoms. The second kappa shape index (κ2) is 10.7. The molecule has 4 heteroatoms. The Morgan fingerprint density at radius 1 is 0.564 bits per heavy atom. The minimum atomic E-state index is -1.45. The highest BCUT2D eigenvalue weighted by Gasteiger charge is 2.44. The fourth-order valence-electron chi connectivity index (χ4n) is 5.40. The Bertz CT molecular complexity index is 1010. The van der Waals surface area contributed by atoms with Crippen LogP contribution in [-0.2, 0) is 27.3 Å². The number of hydrogen-bond donors (Lipinski definition) is 2. The van der Waals surface area contributed by atoms with Gasteiger partial charge in [0.15, 0.2) is 0 Å². The Kier molecular flexibility index (Phi) is 9.14. The predicted molar refractivity (Wildman–Crippen MR) is 167 cm³/mol. The van der Waals surface area contributed by atoms with Crippen LogP contribution in [0.4, 0.5) is 0 Å². The van der Waals surface area contributed by atoms with Crippen molar-refractivity contribution < 1.29 is 14.6 Å².